The molecule has 0 N–H and O–H groups in total. The third-order valence-electron chi connectivity index (χ3n) is 6.01. The molecule has 4 nitrogen and oxygen atoms in total. The molecule has 0 aliphatic carbocycles. The van der Waals surface area contributed by atoms with Gasteiger partial charge in [0.2, 0.25) is 0 Å². The fourth-order valence-electron chi connectivity index (χ4n) is 4.46. The van der Waals surface area contributed by atoms with E-state index in [1.807, 2.05) is 23.1 Å². The van der Waals surface area contributed by atoms with Crippen molar-refractivity contribution in [3.8, 4) is 11.1 Å². The Balaban J connectivity index is 1.47. The van der Waals surface area contributed by atoms with Crippen molar-refractivity contribution in [2.45, 2.75) is 38.7 Å². The van der Waals surface area contributed by atoms with Gasteiger partial charge in [0.15, 0.2) is 0 Å². The number of rotatable bonds is 4. The second-order valence-electron chi connectivity index (χ2n) is 8.41. The SMILES string of the molecule is Cc1cccc(-c2cccc(C(=O)N3CCCOC(CN4CCCCC4)C3)c2)c1. The monoisotopic (exact) mass is 392 g/mol. The Bertz CT molecular complexity index is 829. The molecule has 1 atom stereocenters. The molecule has 29 heavy (non-hydrogen) atoms. The van der Waals surface area contributed by atoms with Crippen LogP contribution in [0.2, 0.25) is 0 Å². The molecule has 1 amide bonds. The second-order valence-corrected chi connectivity index (χ2v) is 8.41. The molecule has 2 fully saturated rings. The number of likely N-dealkylation sites (tertiary alicyclic amines) is 1. The number of amides is 1. The summed E-state index contributed by atoms with van der Waals surface area (Å²) in [5.41, 5.74) is 4.24. The predicted molar refractivity (Wildman–Crippen MR) is 117 cm³/mol. The zero-order valence-electron chi connectivity index (χ0n) is 17.5. The Morgan fingerprint density at radius 3 is 2.52 bits per heavy atom. The van der Waals surface area contributed by atoms with Gasteiger partial charge in [0, 0.05) is 31.8 Å². The molecule has 1 unspecified atom stereocenters. The van der Waals surface area contributed by atoms with E-state index < -0.39 is 0 Å². The van der Waals surface area contributed by atoms with Crippen molar-refractivity contribution >= 4 is 5.91 Å². The molecule has 4 rings (SSSR count). The van der Waals surface area contributed by atoms with E-state index in [1.54, 1.807) is 0 Å². The smallest absolute Gasteiger partial charge is 0.253 e. The molecule has 154 valence electrons. The fraction of sp³-hybridized carbons (Fsp3) is 0.480. The van der Waals surface area contributed by atoms with Gasteiger partial charge in [-0.1, -0.05) is 48.4 Å². The summed E-state index contributed by atoms with van der Waals surface area (Å²) in [6, 6.07) is 16.5. The van der Waals surface area contributed by atoms with Gasteiger partial charge in [-0.05, 0) is 62.5 Å². The average molecular weight is 393 g/mol. The van der Waals surface area contributed by atoms with Crippen LogP contribution in [-0.4, -0.2) is 61.1 Å². The van der Waals surface area contributed by atoms with Crippen LogP contribution in [0.5, 0.6) is 0 Å². The molecule has 0 aromatic heterocycles. The second kappa shape index (κ2) is 9.55. The van der Waals surface area contributed by atoms with Gasteiger partial charge in [-0.2, -0.15) is 0 Å². The Morgan fingerprint density at radius 2 is 1.72 bits per heavy atom. The predicted octanol–water partition coefficient (Wildman–Crippen LogP) is 4.38. The van der Waals surface area contributed by atoms with Crippen LogP contribution < -0.4 is 0 Å². The van der Waals surface area contributed by atoms with Crippen LogP contribution in [0.25, 0.3) is 11.1 Å². The topological polar surface area (TPSA) is 32.8 Å². The van der Waals surface area contributed by atoms with E-state index in [2.05, 4.69) is 42.2 Å². The van der Waals surface area contributed by atoms with Crippen molar-refractivity contribution in [3.05, 3.63) is 59.7 Å². The Morgan fingerprint density at radius 1 is 0.966 bits per heavy atom. The third kappa shape index (κ3) is 5.26. The van der Waals surface area contributed by atoms with Crippen molar-refractivity contribution in [1.82, 2.24) is 9.80 Å². The molecule has 2 aromatic carbocycles. The maximum atomic E-state index is 13.3. The quantitative estimate of drug-likeness (QED) is 0.774. The van der Waals surface area contributed by atoms with Gasteiger partial charge in [0.25, 0.3) is 5.91 Å². The molecule has 4 heteroatoms. The van der Waals surface area contributed by atoms with Gasteiger partial charge < -0.3 is 14.5 Å². The molecule has 2 aliphatic rings. The van der Waals surface area contributed by atoms with Crippen molar-refractivity contribution in [2.24, 2.45) is 0 Å². The molecular formula is C25H32N2O2. The summed E-state index contributed by atoms with van der Waals surface area (Å²) >= 11 is 0. The van der Waals surface area contributed by atoms with E-state index in [9.17, 15) is 4.79 Å². The summed E-state index contributed by atoms with van der Waals surface area (Å²) in [4.78, 5) is 17.8. The molecule has 0 radical (unpaired) electrons. The maximum Gasteiger partial charge on any atom is 0.253 e. The minimum atomic E-state index is 0.111. The zero-order valence-corrected chi connectivity index (χ0v) is 17.5. The minimum Gasteiger partial charge on any atom is -0.375 e. The number of hydrogen-bond acceptors (Lipinski definition) is 3. The van der Waals surface area contributed by atoms with Gasteiger partial charge in [0.1, 0.15) is 0 Å². The highest BCUT2D eigenvalue weighted by Crippen LogP contribution is 2.23. The van der Waals surface area contributed by atoms with Crippen LogP contribution in [0.1, 0.15) is 41.6 Å². The Hall–Kier alpha value is -2.17. The number of benzene rings is 2. The first-order chi connectivity index (χ1) is 14.2. The van der Waals surface area contributed by atoms with Gasteiger partial charge in [-0.3, -0.25) is 4.79 Å². The van der Waals surface area contributed by atoms with Crippen LogP contribution in [0.4, 0.5) is 0 Å². The maximum absolute atomic E-state index is 13.3. The summed E-state index contributed by atoms with van der Waals surface area (Å²) in [6.45, 7) is 7.55. The normalized spacial score (nSPS) is 21.0. The van der Waals surface area contributed by atoms with Crippen molar-refractivity contribution < 1.29 is 9.53 Å². The molecule has 0 bridgehead atoms. The summed E-state index contributed by atoms with van der Waals surface area (Å²) in [5.74, 6) is 0.119. The number of nitrogens with zero attached hydrogens (tertiary/aromatic N) is 2. The largest absolute Gasteiger partial charge is 0.375 e. The minimum absolute atomic E-state index is 0.111. The highest BCUT2D eigenvalue weighted by molar-refractivity contribution is 5.95. The van der Waals surface area contributed by atoms with Gasteiger partial charge >= 0.3 is 0 Å². The third-order valence-corrected chi connectivity index (χ3v) is 6.01. The first kappa shape index (κ1) is 20.1. The molecular weight excluding hydrogens is 360 g/mol. The number of aryl methyl sites for hydroxylation is 1. The first-order valence-electron chi connectivity index (χ1n) is 11.0. The fourth-order valence-corrected chi connectivity index (χ4v) is 4.46. The summed E-state index contributed by atoms with van der Waals surface area (Å²) < 4.78 is 6.09. The summed E-state index contributed by atoms with van der Waals surface area (Å²) in [7, 11) is 0. The average Bonchev–Trinajstić information content (AvgIpc) is 3.00. The molecule has 2 aromatic rings. The Labute approximate surface area is 174 Å². The van der Waals surface area contributed by atoms with Gasteiger partial charge in [-0.15, -0.1) is 0 Å². The first-order valence-corrected chi connectivity index (χ1v) is 11.0. The molecule has 0 spiro atoms. The lowest BCUT2D eigenvalue weighted by Gasteiger charge is -2.31. The van der Waals surface area contributed by atoms with E-state index in [0.717, 1.165) is 55.9 Å². The molecule has 2 heterocycles. The zero-order chi connectivity index (χ0) is 20.1. The summed E-state index contributed by atoms with van der Waals surface area (Å²) in [5, 5.41) is 0. The lowest BCUT2D eigenvalue weighted by Crippen LogP contribution is -2.43. The Kier molecular flexibility index (Phi) is 6.63. The van der Waals surface area contributed by atoms with E-state index >= 15 is 0 Å². The molecule has 0 saturated carbocycles. The van der Waals surface area contributed by atoms with E-state index in [-0.39, 0.29) is 12.0 Å². The number of hydrogen-bond donors (Lipinski definition) is 0. The number of carbonyl (C=O) groups is 1. The van der Waals surface area contributed by atoms with Crippen molar-refractivity contribution in [3.63, 3.8) is 0 Å². The van der Waals surface area contributed by atoms with Crippen LogP contribution in [0, 0.1) is 6.92 Å². The van der Waals surface area contributed by atoms with Crippen LogP contribution in [0.15, 0.2) is 48.5 Å². The van der Waals surface area contributed by atoms with Crippen LogP contribution in [0.3, 0.4) is 0 Å². The van der Waals surface area contributed by atoms with Gasteiger partial charge in [-0.25, -0.2) is 0 Å². The van der Waals surface area contributed by atoms with Crippen LogP contribution >= 0.6 is 0 Å². The standard InChI is InChI=1S/C25H32N2O2/c1-20-8-5-9-21(16-20)22-10-6-11-23(17-22)25(28)27-14-7-15-29-24(19-27)18-26-12-3-2-4-13-26/h5-6,8-11,16-17,24H,2-4,7,12-15,18-19H2,1H3. The highest BCUT2D eigenvalue weighted by Gasteiger charge is 2.25. The number of carbonyl (C=O) groups excluding carboxylic acids is 1. The highest BCUT2D eigenvalue weighted by atomic mass is 16.5. The van der Waals surface area contributed by atoms with Crippen molar-refractivity contribution in [2.75, 3.05) is 39.3 Å². The van der Waals surface area contributed by atoms with E-state index in [0.29, 0.717) is 6.54 Å². The lowest BCUT2D eigenvalue weighted by atomic mass is 10.0. The number of ether oxygens (including phenoxy) is 1. The van der Waals surface area contributed by atoms with E-state index in [4.69, 9.17) is 4.74 Å². The number of piperidine rings is 1. The van der Waals surface area contributed by atoms with Gasteiger partial charge in [0.05, 0.1) is 6.10 Å². The molecule has 2 aliphatic heterocycles. The summed E-state index contributed by atoms with van der Waals surface area (Å²) in [6.07, 6.45) is 4.91. The van der Waals surface area contributed by atoms with Crippen molar-refractivity contribution in [1.29, 1.82) is 0 Å². The van der Waals surface area contributed by atoms with Crippen LogP contribution in [-0.2, 0) is 4.74 Å². The molecule has 2 saturated heterocycles. The lowest BCUT2D eigenvalue weighted by molar-refractivity contribution is 0.0216. The van der Waals surface area contributed by atoms with E-state index in [1.165, 1.54) is 24.8 Å².